The van der Waals surface area contributed by atoms with Crippen LogP contribution in [0.1, 0.15) is 36.0 Å². The molecule has 4 rings (SSSR count). The van der Waals surface area contributed by atoms with E-state index in [0.29, 0.717) is 22.6 Å². The number of fused-ring (bicyclic) bond motifs is 1. The second-order valence-electron chi connectivity index (χ2n) is 7.52. The van der Waals surface area contributed by atoms with Gasteiger partial charge in [0.2, 0.25) is 5.88 Å². The number of halogens is 1. The van der Waals surface area contributed by atoms with Gasteiger partial charge in [-0.25, -0.2) is 19.3 Å². The molecule has 6 N–H and O–H groups in total. The molecule has 0 saturated heterocycles. The lowest BCUT2D eigenvalue weighted by atomic mass is 9.91. The van der Waals surface area contributed by atoms with Crippen LogP contribution in [0, 0.1) is 5.82 Å². The number of hydrogen-bond acceptors (Lipinski definition) is 8. The fraction of sp³-hybridized carbons (Fsp3) is 0.333. The summed E-state index contributed by atoms with van der Waals surface area (Å²) >= 11 is 0. The highest BCUT2D eigenvalue weighted by molar-refractivity contribution is 5.98. The maximum absolute atomic E-state index is 14.7. The van der Waals surface area contributed by atoms with Crippen molar-refractivity contribution in [2.75, 3.05) is 17.7 Å². The highest BCUT2D eigenvalue weighted by Gasteiger charge is 2.24. The van der Waals surface area contributed by atoms with E-state index >= 15 is 0 Å². The summed E-state index contributed by atoms with van der Waals surface area (Å²) in [7, 11) is 1.52. The summed E-state index contributed by atoms with van der Waals surface area (Å²) in [6.45, 7) is 0. The Bertz CT molecular complexity index is 1120. The van der Waals surface area contributed by atoms with Crippen LogP contribution in [0.25, 0.3) is 11.0 Å². The number of primary amides is 1. The summed E-state index contributed by atoms with van der Waals surface area (Å²) in [4.78, 5) is 24.8. The van der Waals surface area contributed by atoms with Crippen LogP contribution in [0.4, 0.5) is 21.7 Å². The third-order valence-electron chi connectivity index (χ3n) is 5.38. The number of carbonyl (C=O) groups excluding carboxylic acids is 1. The molecule has 0 aliphatic heterocycles. The Morgan fingerprint density at radius 2 is 1.97 bits per heavy atom. The average Bonchev–Trinajstić information content (AvgIpc) is 2.76. The predicted octanol–water partition coefficient (Wildman–Crippen LogP) is 2.70. The van der Waals surface area contributed by atoms with Gasteiger partial charge in [-0.3, -0.25) is 4.79 Å². The van der Waals surface area contributed by atoms with Crippen LogP contribution < -0.4 is 26.8 Å². The Kier molecular flexibility index (Phi) is 5.81. The molecule has 0 radical (unpaired) electrons. The van der Waals surface area contributed by atoms with E-state index in [1.807, 2.05) is 0 Å². The van der Waals surface area contributed by atoms with Crippen LogP contribution >= 0.6 is 0 Å². The monoisotopic (exact) mass is 425 g/mol. The molecule has 2 atom stereocenters. The third-order valence-corrected chi connectivity index (χ3v) is 5.38. The Balaban J connectivity index is 1.65. The number of carbonyl (C=O) groups is 1. The van der Waals surface area contributed by atoms with Crippen molar-refractivity contribution in [3.8, 4) is 5.88 Å². The van der Waals surface area contributed by atoms with E-state index in [4.69, 9.17) is 16.2 Å². The van der Waals surface area contributed by atoms with Crippen molar-refractivity contribution in [3.05, 3.63) is 41.8 Å². The number of ether oxygens (including phenoxy) is 1. The van der Waals surface area contributed by atoms with Gasteiger partial charge in [-0.2, -0.15) is 0 Å². The predicted molar refractivity (Wildman–Crippen MR) is 116 cm³/mol. The molecule has 2 heterocycles. The number of pyridine rings is 1. The molecule has 1 fully saturated rings. The summed E-state index contributed by atoms with van der Waals surface area (Å²) < 4.78 is 19.7. The summed E-state index contributed by atoms with van der Waals surface area (Å²) in [5, 5.41) is 6.14. The minimum atomic E-state index is -0.792. The molecule has 1 aromatic carbocycles. The number of nitrogens with one attached hydrogen (secondary N) is 2. The molecule has 3 aromatic rings. The van der Waals surface area contributed by atoms with Crippen molar-refractivity contribution in [3.63, 3.8) is 0 Å². The summed E-state index contributed by atoms with van der Waals surface area (Å²) in [5.41, 5.74) is 13.4. The number of aromatic nitrogens is 3. The minimum Gasteiger partial charge on any atom is -0.480 e. The number of methoxy groups -OCH3 is 1. The molecule has 1 amide bonds. The molecule has 0 spiro atoms. The second-order valence-corrected chi connectivity index (χ2v) is 7.52. The number of benzene rings is 1. The van der Waals surface area contributed by atoms with Crippen LogP contribution in [0.3, 0.4) is 0 Å². The first kappa shape index (κ1) is 20.7. The quantitative estimate of drug-likeness (QED) is 0.472. The zero-order chi connectivity index (χ0) is 22.0. The van der Waals surface area contributed by atoms with Crippen LogP contribution in [0.2, 0.25) is 0 Å². The van der Waals surface area contributed by atoms with Gasteiger partial charge < -0.3 is 26.8 Å². The zero-order valence-corrected chi connectivity index (χ0v) is 17.1. The van der Waals surface area contributed by atoms with E-state index in [-0.39, 0.29) is 29.3 Å². The van der Waals surface area contributed by atoms with Gasteiger partial charge in [-0.1, -0.05) is 12.8 Å². The van der Waals surface area contributed by atoms with Gasteiger partial charge in [0, 0.05) is 17.8 Å². The highest BCUT2D eigenvalue weighted by atomic mass is 19.1. The molecule has 31 heavy (non-hydrogen) atoms. The van der Waals surface area contributed by atoms with Crippen LogP contribution in [-0.2, 0) is 0 Å². The van der Waals surface area contributed by atoms with E-state index in [1.54, 1.807) is 18.2 Å². The summed E-state index contributed by atoms with van der Waals surface area (Å²) in [6.07, 6.45) is 5.27. The van der Waals surface area contributed by atoms with Crippen LogP contribution in [0.15, 0.2) is 30.5 Å². The van der Waals surface area contributed by atoms with Crippen molar-refractivity contribution in [1.82, 2.24) is 15.0 Å². The molecular formula is C21H24FN7O2. The van der Waals surface area contributed by atoms with Crippen molar-refractivity contribution in [1.29, 1.82) is 0 Å². The first-order valence-electron chi connectivity index (χ1n) is 10.0. The van der Waals surface area contributed by atoms with Crippen molar-refractivity contribution in [2.45, 2.75) is 37.8 Å². The molecule has 9 nitrogen and oxygen atoms in total. The zero-order valence-electron chi connectivity index (χ0n) is 17.1. The topological polar surface area (TPSA) is 141 Å². The molecule has 2 unspecified atom stereocenters. The fourth-order valence-electron chi connectivity index (χ4n) is 3.69. The summed E-state index contributed by atoms with van der Waals surface area (Å²) in [5.74, 6) is -0.878. The number of amides is 1. The highest BCUT2D eigenvalue weighted by Crippen LogP contribution is 2.27. The van der Waals surface area contributed by atoms with Crippen molar-refractivity contribution < 1.29 is 13.9 Å². The van der Waals surface area contributed by atoms with Crippen molar-refractivity contribution in [2.24, 2.45) is 11.5 Å². The molecule has 1 aliphatic carbocycles. The third kappa shape index (κ3) is 4.48. The molecule has 10 heteroatoms. The van der Waals surface area contributed by atoms with Gasteiger partial charge in [0.1, 0.15) is 5.82 Å². The normalized spacial score (nSPS) is 18.5. The number of nitrogens with zero attached hydrogens (tertiary/aromatic N) is 3. The Hall–Kier alpha value is -3.53. The molecule has 162 valence electrons. The maximum Gasteiger partial charge on any atom is 0.252 e. The lowest BCUT2D eigenvalue weighted by Gasteiger charge is -2.30. The Labute approximate surface area is 178 Å². The molecule has 2 aromatic heterocycles. The van der Waals surface area contributed by atoms with Crippen LogP contribution in [-0.4, -0.2) is 40.1 Å². The van der Waals surface area contributed by atoms with Crippen molar-refractivity contribution >= 4 is 34.3 Å². The number of rotatable bonds is 6. The van der Waals surface area contributed by atoms with E-state index in [1.165, 1.54) is 13.3 Å². The van der Waals surface area contributed by atoms with Gasteiger partial charge in [0.05, 0.1) is 29.9 Å². The van der Waals surface area contributed by atoms with E-state index in [9.17, 15) is 9.18 Å². The number of anilines is 3. The average molecular weight is 425 g/mol. The standard InChI is InChI=1S/C21H24FN7O2/c1-31-18-10-25-17-8-11(6-7-16(17)27-18)26-20-12(19(24)30)9-13(22)21(29-20)28-15-5-3-2-4-14(15)23/h6-10,14-15H,2-5,23H2,1H3,(H2,24,30)(H2,26,28,29). The molecular weight excluding hydrogens is 401 g/mol. The SMILES string of the molecule is COc1cnc2cc(Nc3nc(NC4CCCCC4N)c(F)cc3C(N)=O)ccc2n1. The van der Waals surface area contributed by atoms with E-state index < -0.39 is 11.7 Å². The van der Waals surface area contributed by atoms with Gasteiger partial charge in [-0.05, 0) is 37.1 Å². The second kappa shape index (κ2) is 8.68. The lowest BCUT2D eigenvalue weighted by molar-refractivity contribution is 0.100. The maximum atomic E-state index is 14.7. The van der Waals surface area contributed by atoms with Gasteiger partial charge >= 0.3 is 0 Å². The molecule has 0 bridgehead atoms. The lowest BCUT2D eigenvalue weighted by Crippen LogP contribution is -2.43. The van der Waals surface area contributed by atoms with E-state index in [0.717, 1.165) is 31.7 Å². The largest absolute Gasteiger partial charge is 0.480 e. The van der Waals surface area contributed by atoms with E-state index in [2.05, 4.69) is 25.6 Å². The molecule has 1 saturated carbocycles. The first-order chi connectivity index (χ1) is 14.9. The Morgan fingerprint density at radius 3 is 2.71 bits per heavy atom. The number of nitrogens with two attached hydrogens (primary N) is 2. The van der Waals surface area contributed by atoms with Gasteiger partial charge in [-0.15, -0.1) is 0 Å². The van der Waals surface area contributed by atoms with Gasteiger partial charge in [0.25, 0.3) is 5.91 Å². The first-order valence-corrected chi connectivity index (χ1v) is 10.0. The smallest absolute Gasteiger partial charge is 0.252 e. The Morgan fingerprint density at radius 1 is 1.16 bits per heavy atom. The minimum absolute atomic E-state index is 0.0279. The van der Waals surface area contributed by atoms with Crippen LogP contribution in [0.5, 0.6) is 5.88 Å². The summed E-state index contributed by atoms with van der Waals surface area (Å²) in [6, 6.07) is 6.14. The van der Waals surface area contributed by atoms with Gasteiger partial charge in [0.15, 0.2) is 11.6 Å². The molecule has 1 aliphatic rings. The fourth-order valence-corrected chi connectivity index (χ4v) is 3.69. The number of hydrogen-bond donors (Lipinski definition) is 4.